The van der Waals surface area contributed by atoms with Crippen molar-refractivity contribution in [1.29, 1.82) is 0 Å². The molecule has 0 aliphatic carbocycles. The number of hydrogen-bond acceptors (Lipinski definition) is 3. The van der Waals surface area contributed by atoms with Crippen molar-refractivity contribution in [3.8, 4) is 5.75 Å². The van der Waals surface area contributed by atoms with Gasteiger partial charge in [-0.2, -0.15) is 0 Å². The molecule has 0 unspecified atom stereocenters. The van der Waals surface area contributed by atoms with Crippen LogP contribution in [0.25, 0.3) is 0 Å². The zero-order valence-corrected chi connectivity index (χ0v) is 7.68. The van der Waals surface area contributed by atoms with E-state index in [0.29, 0.717) is 0 Å². The first-order chi connectivity index (χ1) is 6.93. The molecule has 1 aromatic carbocycles. The van der Waals surface area contributed by atoms with Crippen LogP contribution in [-0.4, -0.2) is 17.8 Å². The highest BCUT2D eigenvalue weighted by Crippen LogP contribution is 2.26. The number of para-hydroxylation sites is 1. The van der Waals surface area contributed by atoms with Crippen LogP contribution in [0.1, 0.15) is 5.56 Å². The number of hydrogen-bond donors (Lipinski definition) is 0. The summed E-state index contributed by atoms with van der Waals surface area (Å²) in [7, 11) is 0. The lowest BCUT2D eigenvalue weighted by molar-refractivity contribution is 0.384. The quantitative estimate of drug-likeness (QED) is 0.616. The summed E-state index contributed by atoms with van der Waals surface area (Å²) in [5.74, 6) is 0.947. The Morgan fingerprint density at radius 1 is 1.29 bits per heavy atom. The fraction of sp³-hybridized carbons (Fsp3) is 0.182. The van der Waals surface area contributed by atoms with Crippen molar-refractivity contribution in [2.45, 2.75) is 6.54 Å². The van der Waals surface area contributed by atoms with Gasteiger partial charge in [-0.25, -0.2) is 0 Å². The van der Waals surface area contributed by atoms with Gasteiger partial charge in [0, 0.05) is 12.1 Å². The lowest BCUT2D eigenvalue weighted by Gasteiger charge is -2.15. The molecule has 0 N–H and O–H groups in total. The molecule has 1 aromatic rings. The van der Waals surface area contributed by atoms with Crippen LogP contribution in [0.3, 0.4) is 0 Å². The molecule has 0 radical (unpaired) electrons. The molecule has 3 nitrogen and oxygen atoms in total. The number of benzene rings is 1. The first kappa shape index (κ1) is 7.62. The highest BCUT2D eigenvalue weighted by Gasteiger charge is 2.18. The Hall–Kier alpha value is -1.77. The van der Waals surface area contributed by atoms with Gasteiger partial charge in [0.1, 0.15) is 18.7 Å². The van der Waals surface area contributed by atoms with Gasteiger partial charge in [-0.3, -0.25) is 4.99 Å². The monoisotopic (exact) mass is 186 g/mol. The molecule has 0 amide bonds. The van der Waals surface area contributed by atoms with Gasteiger partial charge in [0.05, 0.1) is 11.9 Å². The standard InChI is InChI=1S/C11H10N2O/c1-2-4-11-9(3-1)6-13-8-12-5-10(13)7-14-11/h1-5,7H,6,8H2. The lowest BCUT2D eigenvalue weighted by atomic mass is 10.2. The smallest absolute Gasteiger partial charge is 0.131 e. The van der Waals surface area contributed by atoms with Crippen molar-refractivity contribution in [2.75, 3.05) is 6.67 Å². The van der Waals surface area contributed by atoms with E-state index in [1.165, 1.54) is 5.56 Å². The van der Waals surface area contributed by atoms with E-state index >= 15 is 0 Å². The second-order valence-electron chi connectivity index (χ2n) is 3.42. The largest absolute Gasteiger partial charge is 0.462 e. The predicted molar refractivity (Wildman–Crippen MR) is 54.1 cm³/mol. The summed E-state index contributed by atoms with van der Waals surface area (Å²) >= 11 is 0. The van der Waals surface area contributed by atoms with Crippen LogP contribution >= 0.6 is 0 Å². The summed E-state index contributed by atoms with van der Waals surface area (Å²) in [6.07, 6.45) is 3.62. The maximum Gasteiger partial charge on any atom is 0.131 e. The second-order valence-corrected chi connectivity index (χ2v) is 3.42. The Labute approximate surface area is 82.3 Å². The van der Waals surface area contributed by atoms with Crippen molar-refractivity contribution in [3.05, 3.63) is 41.8 Å². The molecule has 14 heavy (non-hydrogen) atoms. The average molecular weight is 186 g/mol. The molecule has 0 fully saturated rings. The summed E-state index contributed by atoms with van der Waals surface area (Å²) in [6, 6.07) is 8.10. The van der Waals surface area contributed by atoms with Crippen molar-refractivity contribution < 1.29 is 4.74 Å². The van der Waals surface area contributed by atoms with E-state index in [1.54, 1.807) is 6.26 Å². The van der Waals surface area contributed by atoms with Gasteiger partial charge in [0.2, 0.25) is 0 Å². The number of fused-ring (bicyclic) bond motifs is 2. The van der Waals surface area contributed by atoms with Crippen LogP contribution in [0.15, 0.2) is 41.2 Å². The van der Waals surface area contributed by atoms with Crippen LogP contribution in [0.2, 0.25) is 0 Å². The summed E-state index contributed by atoms with van der Waals surface area (Å²) in [6.45, 7) is 1.62. The van der Waals surface area contributed by atoms with E-state index in [1.807, 2.05) is 24.4 Å². The minimum atomic E-state index is 0.740. The van der Waals surface area contributed by atoms with E-state index in [-0.39, 0.29) is 0 Å². The van der Waals surface area contributed by atoms with E-state index in [4.69, 9.17) is 4.74 Å². The maximum absolute atomic E-state index is 5.57. The molecule has 2 aliphatic heterocycles. The van der Waals surface area contributed by atoms with Gasteiger partial charge < -0.3 is 9.64 Å². The third-order valence-electron chi connectivity index (χ3n) is 2.48. The fourth-order valence-electron chi connectivity index (χ4n) is 1.72. The summed E-state index contributed by atoms with van der Waals surface area (Å²) < 4.78 is 5.57. The van der Waals surface area contributed by atoms with Gasteiger partial charge in [-0.1, -0.05) is 18.2 Å². The van der Waals surface area contributed by atoms with Crippen molar-refractivity contribution in [3.63, 3.8) is 0 Å². The zero-order valence-electron chi connectivity index (χ0n) is 7.68. The van der Waals surface area contributed by atoms with Crippen LogP contribution in [-0.2, 0) is 6.54 Å². The Morgan fingerprint density at radius 2 is 2.21 bits per heavy atom. The van der Waals surface area contributed by atoms with Gasteiger partial charge >= 0.3 is 0 Å². The molecule has 70 valence electrons. The van der Waals surface area contributed by atoms with Crippen molar-refractivity contribution in [1.82, 2.24) is 4.90 Å². The summed E-state index contributed by atoms with van der Waals surface area (Å²) in [5, 5.41) is 0. The normalized spacial score (nSPS) is 18.0. The molecule has 3 heteroatoms. The maximum atomic E-state index is 5.57. The fourth-order valence-corrected chi connectivity index (χ4v) is 1.72. The number of nitrogens with zero attached hydrogens (tertiary/aromatic N) is 2. The Balaban J connectivity index is 2.03. The highest BCUT2D eigenvalue weighted by atomic mass is 16.5. The van der Waals surface area contributed by atoms with E-state index in [2.05, 4.69) is 16.0 Å². The molecular formula is C11H10N2O. The minimum absolute atomic E-state index is 0.740. The molecule has 0 aromatic heterocycles. The first-order valence-corrected chi connectivity index (χ1v) is 4.63. The SMILES string of the molecule is C1=NCN2Cc3ccccc3OC=C12. The molecule has 0 atom stereocenters. The summed E-state index contributed by atoms with van der Waals surface area (Å²) in [5.41, 5.74) is 2.27. The predicted octanol–water partition coefficient (Wildman–Crippen LogP) is 1.76. The third kappa shape index (κ3) is 1.09. The highest BCUT2D eigenvalue weighted by molar-refractivity contribution is 5.79. The van der Waals surface area contributed by atoms with E-state index < -0.39 is 0 Å². The number of aliphatic imine (C=N–C) groups is 1. The molecule has 2 heterocycles. The topological polar surface area (TPSA) is 24.8 Å². The van der Waals surface area contributed by atoms with Crippen molar-refractivity contribution >= 4 is 6.21 Å². The Morgan fingerprint density at radius 3 is 3.21 bits per heavy atom. The van der Waals surface area contributed by atoms with Crippen LogP contribution in [0.5, 0.6) is 5.75 Å². The second kappa shape index (κ2) is 2.87. The number of ether oxygens (including phenoxy) is 1. The van der Waals surface area contributed by atoms with Gasteiger partial charge in [-0.05, 0) is 6.07 Å². The van der Waals surface area contributed by atoms with Crippen LogP contribution in [0, 0.1) is 0 Å². The van der Waals surface area contributed by atoms with Gasteiger partial charge in [-0.15, -0.1) is 0 Å². The zero-order chi connectivity index (χ0) is 9.38. The van der Waals surface area contributed by atoms with E-state index in [9.17, 15) is 0 Å². The molecular weight excluding hydrogens is 176 g/mol. The molecule has 0 saturated heterocycles. The molecule has 2 aliphatic rings. The third-order valence-corrected chi connectivity index (χ3v) is 2.48. The van der Waals surface area contributed by atoms with Crippen LogP contribution < -0.4 is 4.74 Å². The Kier molecular flexibility index (Phi) is 1.56. The molecule has 0 bridgehead atoms. The molecule has 0 saturated carbocycles. The minimum Gasteiger partial charge on any atom is -0.462 e. The lowest BCUT2D eigenvalue weighted by Crippen LogP contribution is -2.17. The number of allylic oxidation sites excluding steroid dienone is 1. The van der Waals surface area contributed by atoms with Crippen LogP contribution in [0.4, 0.5) is 0 Å². The number of rotatable bonds is 0. The average Bonchev–Trinajstić information content (AvgIpc) is 2.58. The Bertz CT molecular complexity index is 423. The molecule has 3 rings (SSSR count). The first-order valence-electron chi connectivity index (χ1n) is 4.63. The van der Waals surface area contributed by atoms with Gasteiger partial charge in [0.15, 0.2) is 0 Å². The van der Waals surface area contributed by atoms with Gasteiger partial charge in [0.25, 0.3) is 0 Å². The van der Waals surface area contributed by atoms with Crippen molar-refractivity contribution in [2.24, 2.45) is 4.99 Å². The van der Waals surface area contributed by atoms with E-state index in [0.717, 1.165) is 24.7 Å². The summed E-state index contributed by atoms with van der Waals surface area (Å²) in [4.78, 5) is 6.38. The molecule has 0 spiro atoms.